The van der Waals surface area contributed by atoms with Gasteiger partial charge in [-0.3, -0.25) is 4.90 Å². The summed E-state index contributed by atoms with van der Waals surface area (Å²) in [4.78, 5) is 2.40. The molecule has 0 amide bonds. The predicted octanol–water partition coefficient (Wildman–Crippen LogP) is 2.75. The van der Waals surface area contributed by atoms with E-state index in [2.05, 4.69) is 11.0 Å². The van der Waals surface area contributed by atoms with Gasteiger partial charge in [0, 0.05) is 18.5 Å². The van der Waals surface area contributed by atoms with Crippen molar-refractivity contribution in [2.75, 3.05) is 19.6 Å². The molecule has 0 aromatic heterocycles. The Balaban J connectivity index is 2.26. The van der Waals surface area contributed by atoms with Crippen molar-refractivity contribution in [2.45, 2.75) is 26.2 Å². The number of nitrogens with zero attached hydrogens (tertiary/aromatic N) is 2. The number of piperidine rings is 1. The zero-order chi connectivity index (χ0) is 10.4. The first-order chi connectivity index (χ1) is 6.76. The summed E-state index contributed by atoms with van der Waals surface area (Å²) in [5, 5.41) is 8.58. The second-order valence-electron chi connectivity index (χ2n) is 4.04. The lowest BCUT2D eigenvalue weighted by Gasteiger charge is -2.30. The van der Waals surface area contributed by atoms with E-state index in [0.29, 0.717) is 5.92 Å². The third-order valence-corrected chi connectivity index (χ3v) is 3.12. The van der Waals surface area contributed by atoms with Gasteiger partial charge in [0.15, 0.2) is 0 Å². The number of hydrogen-bond donors (Lipinski definition) is 0. The van der Waals surface area contributed by atoms with E-state index in [4.69, 9.17) is 16.9 Å². The van der Waals surface area contributed by atoms with Crippen LogP contribution in [0.25, 0.3) is 0 Å². The minimum Gasteiger partial charge on any atom is -0.299 e. The van der Waals surface area contributed by atoms with E-state index in [1.165, 1.54) is 5.57 Å². The van der Waals surface area contributed by atoms with E-state index in [9.17, 15) is 0 Å². The molecule has 0 aliphatic carbocycles. The number of hydrogen-bond acceptors (Lipinski definition) is 2. The van der Waals surface area contributed by atoms with Crippen LogP contribution in [0.4, 0.5) is 0 Å². The fraction of sp³-hybridized carbons (Fsp3) is 0.727. The van der Waals surface area contributed by atoms with Crippen molar-refractivity contribution in [3.8, 4) is 6.07 Å². The van der Waals surface area contributed by atoms with Crippen molar-refractivity contribution in [3.05, 3.63) is 11.1 Å². The van der Waals surface area contributed by atoms with Gasteiger partial charge in [0.1, 0.15) is 0 Å². The normalized spacial score (nSPS) is 20.8. The average Bonchev–Trinajstić information content (AvgIpc) is 2.21. The summed E-state index contributed by atoms with van der Waals surface area (Å²) in [6.45, 7) is 5.24. The molecule has 1 aliphatic heterocycles. The molecule has 1 saturated heterocycles. The summed E-state index contributed by atoms with van der Waals surface area (Å²) in [5.41, 5.74) is 2.87. The number of nitriles is 1. The van der Waals surface area contributed by atoms with Crippen molar-refractivity contribution in [2.24, 2.45) is 5.92 Å². The van der Waals surface area contributed by atoms with Crippen LogP contribution in [0, 0.1) is 17.2 Å². The van der Waals surface area contributed by atoms with Crippen LogP contribution in [-0.2, 0) is 0 Å². The highest BCUT2D eigenvalue weighted by Gasteiger charge is 2.18. The Morgan fingerprint density at radius 3 is 2.71 bits per heavy atom. The van der Waals surface area contributed by atoms with Gasteiger partial charge >= 0.3 is 0 Å². The van der Waals surface area contributed by atoms with Crippen molar-refractivity contribution < 1.29 is 0 Å². The molecule has 0 N–H and O–H groups in total. The summed E-state index contributed by atoms with van der Waals surface area (Å²) in [5.74, 6) is 0.622. The van der Waals surface area contributed by atoms with Crippen LogP contribution < -0.4 is 0 Å². The highest BCUT2D eigenvalue weighted by atomic mass is 35.5. The maximum absolute atomic E-state index is 8.58. The van der Waals surface area contributed by atoms with Crippen LogP contribution in [0.3, 0.4) is 0 Å². The van der Waals surface area contributed by atoms with Gasteiger partial charge in [-0.15, -0.1) is 0 Å². The highest BCUT2D eigenvalue weighted by Crippen LogP contribution is 2.20. The van der Waals surface area contributed by atoms with E-state index < -0.39 is 0 Å². The Labute approximate surface area is 91.1 Å². The Kier molecular flexibility index (Phi) is 5.00. The molecule has 1 rings (SSSR count). The van der Waals surface area contributed by atoms with Crippen LogP contribution in [0.15, 0.2) is 11.1 Å². The lowest BCUT2D eigenvalue weighted by Crippen LogP contribution is -2.34. The van der Waals surface area contributed by atoms with Crippen LogP contribution in [0.5, 0.6) is 0 Å². The van der Waals surface area contributed by atoms with Gasteiger partial charge in [-0.25, -0.2) is 0 Å². The van der Waals surface area contributed by atoms with Crippen molar-refractivity contribution in [1.29, 1.82) is 5.26 Å². The molecule has 0 aromatic rings. The maximum Gasteiger partial charge on any atom is 0.0624 e. The first-order valence-corrected chi connectivity index (χ1v) is 5.55. The Morgan fingerprint density at radius 1 is 1.57 bits per heavy atom. The largest absolute Gasteiger partial charge is 0.299 e. The smallest absolute Gasteiger partial charge is 0.0624 e. The van der Waals surface area contributed by atoms with Gasteiger partial charge in [-0.05, 0) is 44.3 Å². The molecule has 1 fully saturated rings. The molecule has 1 aliphatic rings. The molecule has 78 valence electrons. The highest BCUT2D eigenvalue weighted by molar-refractivity contribution is 6.25. The molecular formula is C11H17ClN2. The Hall–Kier alpha value is -0.520. The minimum atomic E-state index is 0.622. The topological polar surface area (TPSA) is 27.0 Å². The fourth-order valence-electron chi connectivity index (χ4n) is 1.86. The lowest BCUT2D eigenvalue weighted by atomic mass is 9.94. The summed E-state index contributed by atoms with van der Waals surface area (Å²) in [6.07, 6.45) is 3.03. The molecule has 0 aromatic carbocycles. The van der Waals surface area contributed by atoms with E-state index >= 15 is 0 Å². The van der Waals surface area contributed by atoms with Crippen LogP contribution in [0.2, 0.25) is 0 Å². The zero-order valence-electron chi connectivity index (χ0n) is 8.67. The molecule has 0 unspecified atom stereocenters. The number of halogens is 1. The van der Waals surface area contributed by atoms with Gasteiger partial charge in [-0.2, -0.15) is 5.26 Å². The predicted molar refractivity (Wildman–Crippen MR) is 59.0 cm³/mol. The quantitative estimate of drug-likeness (QED) is 0.720. The lowest BCUT2D eigenvalue weighted by molar-refractivity contribution is 0.199. The van der Waals surface area contributed by atoms with Crippen LogP contribution in [-0.4, -0.2) is 24.5 Å². The van der Waals surface area contributed by atoms with Gasteiger partial charge in [-0.1, -0.05) is 11.6 Å². The Bertz CT molecular complexity index is 234. The van der Waals surface area contributed by atoms with Crippen molar-refractivity contribution in [3.63, 3.8) is 0 Å². The molecule has 3 heteroatoms. The average molecular weight is 213 g/mol. The van der Waals surface area contributed by atoms with Gasteiger partial charge in [0.25, 0.3) is 0 Å². The van der Waals surface area contributed by atoms with Crippen molar-refractivity contribution in [1.82, 2.24) is 4.90 Å². The summed E-state index contributed by atoms with van der Waals surface area (Å²) < 4.78 is 0. The first kappa shape index (κ1) is 11.6. The summed E-state index contributed by atoms with van der Waals surface area (Å²) in [6, 6.07) is 2.25. The van der Waals surface area contributed by atoms with Crippen LogP contribution >= 0.6 is 11.6 Å². The van der Waals surface area contributed by atoms with Crippen LogP contribution in [0.1, 0.15) is 26.2 Å². The fourth-order valence-corrected chi connectivity index (χ4v) is 1.93. The standard InChI is InChI=1S/C11H17ClN2/c1-10(8-12)9-14-6-3-11(2-5-13)4-7-14/h8,11H,2-4,6-7,9H2,1H3/b10-8+. The van der Waals surface area contributed by atoms with Gasteiger partial charge < -0.3 is 0 Å². The number of rotatable bonds is 3. The zero-order valence-corrected chi connectivity index (χ0v) is 9.43. The van der Waals surface area contributed by atoms with E-state index in [0.717, 1.165) is 38.9 Å². The van der Waals surface area contributed by atoms with Gasteiger partial charge in [0.05, 0.1) is 6.07 Å². The minimum absolute atomic E-state index is 0.622. The molecule has 1 heterocycles. The molecule has 14 heavy (non-hydrogen) atoms. The molecule has 2 nitrogen and oxygen atoms in total. The molecule has 0 radical (unpaired) electrons. The maximum atomic E-state index is 8.58. The molecule has 0 bridgehead atoms. The third kappa shape index (κ3) is 3.69. The summed E-state index contributed by atoms with van der Waals surface area (Å²) in [7, 11) is 0. The first-order valence-electron chi connectivity index (χ1n) is 5.11. The molecule has 0 atom stereocenters. The second-order valence-corrected chi connectivity index (χ2v) is 4.26. The molecule has 0 saturated carbocycles. The molecular weight excluding hydrogens is 196 g/mol. The third-order valence-electron chi connectivity index (χ3n) is 2.75. The van der Waals surface area contributed by atoms with E-state index in [1.807, 2.05) is 6.92 Å². The van der Waals surface area contributed by atoms with Crippen molar-refractivity contribution >= 4 is 11.6 Å². The second kappa shape index (κ2) is 6.06. The van der Waals surface area contributed by atoms with E-state index in [1.54, 1.807) is 5.54 Å². The van der Waals surface area contributed by atoms with Gasteiger partial charge in [0.2, 0.25) is 0 Å². The number of likely N-dealkylation sites (tertiary alicyclic amines) is 1. The SMILES string of the molecule is C/C(=C\Cl)CN1CCC(CC#N)CC1. The Morgan fingerprint density at radius 2 is 2.21 bits per heavy atom. The molecule has 0 spiro atoms. The summed E-state index contributed by atoms with van der Waals surface area (Å²) >= 11 is 5.62. The monoisotopic (exact) mass is 212 g/mol. The van der Waals surface area contributed by atoms with E-state index in [-0.39, 0.29) is 0 Å².